The summed E-state index contributed by atoms with van der Waals surface area (Å²) in [6.45, 7) is 3.91. The second kappa shape index (κ2) is 6.61. The first-order chi connectivity index (χ1) is 11.6. The fourth-order valence-electron chi connectivity index (χ4n) is 2.22. The molecular formula is C16H16FN5O2. The Labute approximate surface area is 137 Å². The Morgan fingerprint density at radius 3 is 2.75 bits per heavy atom. The van der Waals surface area contributed by atoms with Crippen LogP contribution in [0.5, 0.6) is 0 Å². The zero-order valence-corrected chi connectivity index (χ0v) is 13.3. The van der Waals surface area contributed by atoms with E-state index in [1.54, 1.807) is 25.1 Å². The molecule has 1 amide bonds. The van der Waals surface area contributed by atoms with Gasteiger partial charge in [0, 0.05) is 6.07 Å². The summed E-state index contributed by atoms with van der Waals surface area (Å²) in [5, 5.41) is 14.4. The highest BCUT2D eigenvalue weighted by atomic mass is 19.1. The lowest BCUT2D eigenvalue weighted by Gasteiger charge is -2.04. The number of hydrogen-bond donors (Lipinski definition) is 1. The molecule has 0 spiro atoms. The highest BCUT2D eigenvalue weighted by Crippen LogP contribution is 2.13. The lowest BCUT2D eigenvalue weighted by atomic mass is 10.2. The van der Waals surface area contributed by atoms with E-state index in [1.807, 2.05) is 6.92 Å². The lowest BCUT2D eigenvalue weighted by Crippen LogP contribution is -2.23. The Bertz CT molecular complexity index is 854. The molecule has 2 heterocycles. The number of rotatable bonds is 5. The third kappa shape index (κ3) is 3.17. The Balaban J connectivity index is 1.72. The standard InChI is InChI=1S/C16H16FN5O2/c1-3-12-8-14(24-20-12)9-18-16(23)15-10(2)22(21-19-15)13-6-4-11(17)5-7-13/h4-8H,3,9H2,1-2H3,(H,18,23). The van der Waals surface area contributed by atoms with Crippen LogP contribution in [0.15, 0.2) is 34.9 Å². The van der Waals surface area contributed by atoms with Gasteiger partial charge in [-0.2, -0.15) is 0 Å². The maximum atomic E-state index is 13.0. The maximum absolute atomic E-state index is 13.0. The Kier molecular flexibility index (Phi) is 4.37. The van der Waals surface area contributed by atoms with Crippen LogP contribution in [0.2, 0.25) is 0 Å². The molecule has 1 aromatic carbocycles. The van der Waals surface area contributed by atoms with Crippen LogP contribution in [0, 0.1) is 12.7 Å². The van der Waals surface area contributed by atoms with Gasteiger partial charge in [0.1, 0.15) is 5.82 Å². The van der Waals surface area contributed by atoms with Crippen LogP contribution in [0.25, 0.3) is 5.69 Å². The first kappa shape index (κ1) is 15.9. The zero-order valence-electron chi connectivity index (χ0n) is 13.3. The van der Waals surface area contributed by atoms with Gasteiger partial charge in [0.2, 0.25) is 0 Å². The van der Waals surface area contributed by atoms with Gasteiger partial charge in [-0.1, -0.05) is 17.3 Å². The molecule has 0 bridgehead atoms. The number of carbonyl (C=O) groups is 1. The second-order valence-corrected chi connectivity index (χ2v) is 5.23. The van der Waals surface area contributed by atoms with Gasteiger partial charge in [-0.05, 0) is 37.6 Å². The van der Waals surface area contributed by atoms with Crippen molar-refractivity contribution >= 4 is 5.91 Å². The van der Waals surface area contributed by atoms with Gasteiger partial charge in [-0.15, -0.1) is 5.10 Å². The Morgan fingerprint density at radius 2 is 2.08 bits per heavy atom. The molecule has 1 N–H and O–H groups in total. The van der Waals surface area contributed by atoms with Crippen molar-refractivity contribution in [3.05, 3.63) is 59.0 Å². The van der Waals surface area contributed by atoms with E-state index in [9.17, 15) is 9.18 Å². The molecule has 0 aliphatic carbocycles. The first-order valence-electron chi connectivity index (χ1n) is 7.49. The Morgan fingerprint density at radius 1 is 1.33 bits per heavy atom. The van der Waals surface area contributed by atoms with Gasteiger partial charge >= 0.3 is 0 Å². The average Bonchev–Trinajstić information content (AvgIpc) is 3.20. The van der Waals surface area contributed by atoms with Crippen molar-refractivity contribution in [1.29, 1.82) is 0 Å². The van der Waals surface area contributed by atoms with Gasteiger partial charge in [-0.25, -0.2) is 9.07 Å². The van der Waals surface area contributed by atoms with E-state index in [0.29, 0.717) is 17.1 Å². The van der Waals surface area contributed by atoms with Crippen LogP contribution in [-0.4, -0.2) is 26.1 Å². The molecule has 3 rings (SSSR count). The van der Waals surface area contributed by atoms with Crippen molar-refractivity contribution in [2.45, 2.75) is 26.8 Å². The fourth-order valence-corrected chi connectivity index (χ4v) is 2.22. The van der Waals surface area contributed by atoms with Crippen LogP contribution in [-0.2, 0) is 13.0 Å². The molecule has 0 saturated carbocycles. The van der Waals surface area contributed by atoms with Gasteiger partial charge in [0.05, 0.1) is 23.6 Å². The quantitative estimate of drug-likeness (QED) is 0.775. The minimum atomic E-state index is -0.365. The zero-order chi connectivity index (χ0) is 17.1. The summed E-state index contributed by atoms with van der Waals surface area (Å²) in [5.41, 5.74) is 2.22. The largest absolute Gasteiger partial charge is 0.359 e. The van der Waals surface area contributed by atoms with Crippen LogP contribution in [0.4, 0.5) is 4.39 Å². The number of hydrogen-bond acceptors (Lipinski definition) is 5. The number of halogens is 1. The smallest absolute Gasteiger partial charge is 0.274 e. The van der Waals surface area contributed by atoms with Gasteiger partial charge < -0.3 is 9.84 Å². The van der Waals surface area contributed by atoms with Gasteiger partial charge in [-0.3, -0.25) is 4.79 Å². The third-order valence-corrected chi connectivity index (χ3v) is 3.57. The van der Waals surface area contributed by atoms with Crippen LogP contribution >= 0.6 is 0 Å². The summed E-state index contributed by atoms with van der Waals surface area (Å²) in [4.78, 5) is 12.3. The number of benzene rings is 1. The summed E-state index contributed by atoms with van der Waals surface area (Å²) >= 11 is 0. The van der Waals surface area contributed by atoms with Gasteiger partial charge in [0.25, 0.3) is 5.91 Å². The molecule has 3 aromatic rings. The fraction of sp³-hybridized carbons (Fsp3) is 0.250. The van der Waals surface area contributed by atoms with Crippen molar-refractivity contribution in [2.75, 3.05) is 0 Å². The number of nitrogens with zero attached hydrogens (tertiary/aromatic N) is 4. The minimum absolute atomic E-state index is 0.203. The number of amides is 1. The molecule has 0 aliphatic rings. The molecule has 0 atom stereocenters. The van der Waals surface area contributed by atoms with Crippen molar-refractivity contribution < 1.29 is 13.7 Å². The van der Waals surface area contributed by atoms with Crippen molar-refractivity contribution in [2.24, 2.45) is 0 Å². The molecule has 0 fully saturated rings. The molecular weight excluding hydrogens is 313 g/mol. The molecule has 7 nitrogen and oxygen atoms in total. The van der Waals surface area contributed by atoms with E-state index < -0.39 is 0 Å². The normalized spacial score (nSPS) is 10.8. The highest BCUT2D eigenvalue weighted by Gasteiger charge is 2.17. The van der Waals surface area contributed by atoms with E-state index in [4.69, 9.17) is 4.52 Å². The van der Waals surface area contributed by atoms with E-state index in [1.165, 1.54) is 16.8 Å². The number of aromatic nitrogens is 4. The number of aryl methyl sites for hydroxylation is 1. The first-order valence-corrected chi connectivity index (χ1v) is 7.49. The summed E-state index contributed by atoms with van der Waals surface area (Å²) in [5.74, 6) is -0.132. The van der Waals surface area contributed by atoms with Crippen LogP contribution < -0.4 is 5.32 Å². The summed E-state index contributed by atoms with van der Waals surface area (Å²) < 4.78 is 19.6. The molecule has 24 heavy (non-hydrogen) atoms. The van der Waals surface area contributed by atoms with Crippen molar-refractivity contribution in [1.82, 2.24) is 25.5 Å². The average molecular weight is 329 g/mol. The van der Waals surface area contributed by atoms with Crippen LogP contribution in [0.1, 0.15) is 34.6 Å². The Hall–Kier alpha value is -3.03. The number of nitrogens with one attached hydrogen (secondary N) is 1. The van der Waals surface area contributed by atoms with Crippen molar-refractivity contribution in [3.63, 3.8) is 0 Å². The SMILES string of the molecule is CCc1cc(CNC(=O)c2nnn(-c3ccc(F)cc3)c2C)on1. The summed E-state index contributed by atoms with van der Waals surface area (Å²) in [6.07, 6.45) is 0.766. The predicted octanol–water partition coefficient (Wildman–Crippen LogP) is 2.20. The highest BCUT2D eigenvalue weighted by molar-refractivity contribution is 5.93. The van der Waals surface area contributed by atoms with Crippen LogP contribution in [0.3, 0.4) is 0 Å². The maximum Gasteiger partial charge on any atom is 0.274 e. The molecule has 124 valence electrons. The van der Waals surface area contributed by atoms with E-state index in [-0.39, 0.29) is 24.0 Å². The third-order valence-electron chi connectivity index (χ3n) is 3.57. The van der Waals surface area contributed by atoms with E-state index in [2.05, 4.69) is 20.8 Å². The van der Waals surface area contributed by atoms with E-state index >= 15 is 0 Å². The minimum Gasteiger partial charge on any atom is -0.359 e. The molecule has 0 radical (unpaired) electrons. The lowest BCUT2D eigenvalue weighted by molar-refractivity contribution is 0.0941. The molecule has 8 heteroatoms. The molecule has 0 aliphatic heterocycles. The predicted molar refractivity (Wildman–Crippen MR) is 83.1 cm³/mol. The molecule has 2 aromatic heterocycles. The van der Waals surface area contributed by atoms with E-state index in [0.717, 1.165) is 12.1 Å². The number of carbonyl (C=O) groups excluding carboxylic acids is 1. The van der Waals surface area contributed by atoms with Gasteiger partial charge in [0.15, 0.2) is 11.5 Å². The van der Waals surface area contributed by atoms with Crippen molar-refractivity contribution in [3.8, 4) is 5.69 Å². The molecule has 0 unspecified atom stereocenters. The topological polar surface area (TPSA) is 85.8 Å². The molecule has 0 saturated heterocycles. The summed E-state index contributed by atoms with van der Waals surface area (Å²) in [7, 11) is 0. The summed E-state index contributed by atoms with van der Waals surface area (Å²) in [6, 6.07) is 7.58. The second-order valence-electron chi connectivity index (χ2n) is 5.23. The monoisotopic (exact) mass is 329 g/mol.